The Morgan fingerprint density at radius 1 is 1.42 bits per heavy atom. The third-order valence-corrected chi connectivity index (χ3v) is 5.94. The summed E-state index contributed by atoms with van der Waals surface area (Å²) in [6, 6.07) is 2.07. The van der Waals surface area contributed by atoms with Gasteiger partial charge in [-0.05, 0) is 31.4 Å². The van der Waals surface area contributed by atoms with Crippen molar-refractivity contribution in [3.8, 4) is 0 Å². The number of halogens is 1. The summed E-state index contributed by atoms with van der Waals surface area (Å²) in [6.07, 6.45) is 3.50. The second-order valence-corrected chi connectivity index (χ2v) is 6.94. The molecule has 2 aliphatic heterocycles. The monoisotopic (exact) mass is 306 g/mol. The van der Waals surface area contributed by atoms with Crippen LogP contribution in [0.1, 0.15) is 12.8 Å². The zero-order valence-corrected chi connectivity index (χ0v) is 12.5. The number of fused-ring (bicyclic) bond motifs is 1. The van der Waals surface area contributed by atoms with Crippen molar-refractivity contribution in [1.29, 1.82) is 0 Å². The minimum atomic E-state index is -3.38. The van der Waals surface area contributed by atoms with Gasteiger partial charge in [-0.2, -0.15) is 9.40 Å². The van der Waals surface area contributed by atoms with Crippen LogP contribution in [0.2, 0.25) is 0 Å². The Kier molecular flexibility index (Phi) is 4.20. The van der Waals surface area contributed by atoms with E-state index in [1.807, 2.05) is 0 Å². The van der Waals surface area contributed by atoms with Crippen molar-refractivity contribution in [3.63, 3.8) is 0 Å². The standard InChI is InChI=1S/C11H18N4O2S.ClH/c1-14-11(3-6-13-14)18(16,17)15-7-4-10-9(8-15)2-5-12-10;/h3,6,9-10,12H,2,4-5,7-8H2,1H3;1H. The molecule has 2 unspecified atom stereocenters. The van der Waals surface area contributed by atoms with Gasteiger partial charge in [0.05, 0.1) is 6.20 Å². The molecule has 6 nitrogen and oxygen atoms in total. The van der Waals surface area contributed by atoms with Crippen molar-refractivity contribution < 1.29 is 8.42 Å². The lowest BCUT2D eigenvalue weighted by atomic mass is 9.95. The Hall–Kier alpha value is -0.630. The number of hydrogen-bond donors (Lipinski definition) is 1. The second kappa shape index (κ2) is 5.40. The van der Waals surface area contributed by atoms with Crippen molar-refractivity contribution in [1.82, 2.24) is 19.4 Å². The van der Waals surface area contributed by atoms with Gasteiger partial charge in [0.15, 0.2) is 5.03 Å². The smallest absolute Gasteiger partial charge is 0.260 e. The maximum atomic E-state index is 12.5. The van der Waals surface area contributed by atoms with Crippen LogP contribution in [0.3, 0.4) is 0 Å². The van der Waals surface area contributed by atoms with Crippen molar-refractivity contribution in [3.05, 3.63) is 12.3 Å². The predicted molar refractivity (Wildman–Crippen MR) is 73.7 cm³/mol. The van der Waals surface area contributed by atoms with Crippen LogP contribution >= 0.6 is 12.4 Å². The summed E-state index contributed by atoms with van der Waals surface area (Å²) in [5.74, 6) is 0.460. The summed E-state index contributed by atoms with van der Waals surface area (Å²) in [4.78, 5) is 0. The van der Waals surface area contributed by atoms with Gasteiger partial charge in [0.2, 0.25) is 0 Å². The molecule has 2 atom stereocenters. The lowest BCUT2D eigenvalue weighted by molar-refractivity contribution is 0.246. The highest BCUT2D eigenvalue weighted by atomic mass is 35.5. The molecule has 3 heterocycles. The molecule has 1 aromatic heterocycles. The molecule has 3 rings (SSSR count). The van der Waals surface area contributed by atoms with Gasteiger partial charge in [0, 0.05) is 26.2 Å². The lowest BCUT2D eigenvalue weighted by Gasteiger charge is -2.33. The van der Waals surface area contributed by atoms with Crippen LogP contribution in [0, 0.1) is 5.92 Å². The van der Waals surface area contributed by atoms with Gasteiger partial charge < -0.3 is 5.32 Å². The Balaban J connectivity index is 0.00000133. The zero-order chi connectivity index (χ0) is 12.8. The topological polar surface area (TPSA) is 67.2 Å². The molecule has 0 spiro atoms. The van der Waals surface area contributed by atoms with E-state index in [1.54, 1.807) is 17.4 Å². The highest BCUT2D eigenvalue weighted by molar-refractivity contribution is 7.89. The van der Waals surface area contributed by atoms with Crippen molar-refractivity contribution >= 4 is 22.4 Å². The largest absolute Gasteiger partial charge is 0.314 e. The number of aryl methyl sites for hydroxylation is 1. The van der Waals surface area contributed by atoms with Gasteiger partial charge in [-0.3, -0.25) is 4.68 Å². The number of nitrogens with one attached hydrogen (secondary N) is 1. The van der Waals surface area contributed by atoms with Crippen molar-refractivity contribution in [2.24, 2.45) is 13.0 Å². The Bertz CT molecular complexity index is 545. The van der Waals surface area contributed by atoms with E-state index in [-0.39, 0.29) is 17.4 Å². The molecule has 0 radical (unpaired) electrons. The van der Waals surface area contributed by atoms with E-state index in [1.165, 1.54) is 10.9 Å². The molecule has 0 aromatic carbocycles. The predicted octanol–water partition coefficient (Wildman–Crippen LogP) is 0.214. The van der Waals surface area contributed by atoms with E-state index in [0.29, 0.717) is 25.0 Å². The van der Waals surface area contributed by atoms with E-state index in [0.717, 1.165) is 19.4 Å². The normalized spacial score (nSPS) is 27.8. The molecule has 2 saturated heterocycles. The number of nitrogens with zero attached hydrogens (tertiary/aromatic N) is 3. The molecule has 1 aromatic rings. The van der Waals surface area contributed by atoms with E-state index in [4.69, 9.17) is 0 Å². The summed E-state index contributed by atoms with van der Waals surface area (Å²) < 4.78 is 28.0. The third kappa shape index (κ3) is 2.52. The summed E-state index contributed by atoms with van der Waals surface area (Å²) in [7, 11) is -1.72. The van der Waals surface area contributed by atoms with Gasteiger partial charge in [-0.15, -0.1) is 12.4 Å². The van der Waals surface area contributed by atoms with Crippen LogP contribution in [0.15, 0.2) is 17.3 Å². The summed E-state index contributed by atoms with van der Waals surface area (Å²) in [5, 5.41) is 7.66. The van der Waals surface area contributed by atoms with Crippen molar-refractivity contribution in [2.75, 3.05) is 19.6 Å². The summed E-state index contributed by atoms with van der Waals surface area (Å²) in [6.45, 7) is 2.24. The summed E-state index contributed by atoms with van der Waals surface area (Å²) >= 11 is 0. The first-order valence-corrected chi connectivity index (χ1v) is 7.74. The number of piperidine rings is 1. The van der Waals surface area contributed by atoms with E-state index < -0.39 is 10.0 Å². The zero-order valence-electron chi connectivity index (χ0n) is 10.8. The van der Waals surface area contributed by atoms with Gasteiger partial charge in [-0.1, -0.05) is 0 Å². The first kappa shape index (κ1) is 14.8. The SMILES string of the molecule is Cl.Cn1nccc1S(=O)(=O)N1CCC2NCCC2C1. The van der Waals surface area contributed by atoms with E-state index >= 15 is 0 Å². The lowest BCUT2D eigenvalue weighted by Crippen LogP contribution is -2.47. The Morgan fingerprint density at radius 3 is 2.89 bits per heavy atom. The minimum absolute atomic E-state index is 0. The average Bonchev–Trinajstić information content (AvgIpc) is 2.95. The fraction of sp³-hybridized carbons (Fsp3) is 0.727. The fourth-order valence-electron chi connectivity index (χ4n) is 2.98. The number of sulfonamides is 1. The van der Waals surface area contributed by atoms with E-state index in [9.17, 15) is 8.42 Å². The molecule has 2 fully saturated rings. The van der Waals surface area contributed by atoms with Crippen LogP contribution in [-0.2, 0) is 17.1 Å². The molecular formula is C11H19ClN4O2S. The molecule has 2 aliphatic rings. The molecule has 0 amide bonds. The maximum Gasteiger partial charge on any atom is 0.260 e. The Labute approximate surface area is 119 Å². The number of hydrogen-bond acceptors (Lipinski definition) is 4. The van der Waals surface area contributed by atoms with Crippen LogP contribution in [0.25, 0.3) is 0 Å². The van der Waals surface area contributed by atoms with Crippen LogP contribution < -0.4 is 5.32 Å². The maximum absolute atomic E-state index is 12.5. The van der Waals surface area contributed by atoms with Crippen LogP contribution in [0.4, 0.5) is 0 Å². The highest BCUT2D eigenvalue weighted by Gasteiger charge is 2.38. The Morgan fingerprint density at radius 2 is 2.21 bits per heavy atom. The molecule has 0 bridgehead atoms. The van der Waals surface area contributed by atoms with Crippen molar-refractivity contribution in [2.45, 2.75) is 23.9 Å². The first-order chi connectivity index (χ1) is 8.59. The number of aromatic nitrogens is 2. The van der Waals surface area contributed by atoms with Gasteiger partial charge in [-0.25, -0.2) is 8.42 Å². The summed E-state index contributed by atoms with van der Waals surface area (Å²) in [5.41, 5.74) is 0. The minimum Gasteiger partial charge on any atom is -0.314 e. The van der Waals surface area contributed by atoms with Gasteiger partial charge >= 0.3 is 0 Å². The van der Waals surface area contributed by atoms with E-state index in [2.05, 4.69) is 10.4 Å². The average molecular weight is 307 g/mol. The second-order valence-electron chi connectivity index (χ2n) is 5.05. The molecule has 1 N–H and O–H groups in total. The number of rotatable bonds is 2. The fourth-order valence-corrected chi connectivity index (χ4v) is 4.59. The molecule has 19 heavy (non-hydrogen) atoms. The molecule has 8 heteroatoms. The molecule has 0 saturated carbocycles. The third-order valence-electron chi connectivity index (χ3n) is 4.00. The van der Waals surface area contributed by atoms with Gasteiger partial charge in [0.1, 0.15) is 0 Å². The van der Waals surface area contributed by atoms with Gasteiger partial charge in [0.25, 0.3) is 10.0 Å². The molecule has 0 aliphatic carbocycles. The molecule has 108 valence electrons. The van der Waals surface area contributed by atoms with Crippen LogP contribution in [-0.4, -0.2) is 48.2 Å². The quantitative estimate of drug-likeness (QED) is 0.848. The first-order valence-electron chi connectivity index (χ1n) is 6.30. The highest BCUT2D eigenvalue weighted by Crippen LogP contribution is 2.28. The molecular weight excluding hydrogens is 288 g/mol. The van der Waals surface area contributed by atoms with Crippen LogP contribution in [0.5, 0.6) is 0 Å².